The summed E-state index contributed by atoms with van der Waals surface area (Å²) < 4.78 is 1.80. The molecule has 0 aliphatic rings. The Kier molecular flexibility index (Phi) is 5.70. The van der Waals surface area contributed by atoms with Crippen LogP contribution in [-0.4, -0.2) is 27.2 Å². The topological polar surface area (TPSA) is 15.3 Å². The van der Waals surface area contributed by atoms with Crippen molar-refractivity contribution in [1.82, 2.24) is 5.32 Å². The predicted octanol–water partition coefficient (Wildman–Crippen LogP) is 3.58. The molecule has 1 aromatic carbocycles. The Morgan fingerprint density at radius 1 is 1.18 bits per heavy atom. The van der Waals surface area contributed by atoms with Crippen LogP contribution in [0.3, 0.4) is 0 Å². The van der Waals surface area contributed by atoms with Gasteiger partial charge in [0.15, 0.2) is 0 Å². The zero-order valence-corrected chi connectivity index (χ0v) is 12.8. The van der Waals surface area contributed by atoms with Crippen LogP contribution in [0.5, 0.6) is 0 Å². The second-order valence-corrected chi connectivity index (χ2v) is 5.62. The smallest absolute Gasteiger partial charge is 0.0798 e. The Labute approximate surface area is 115 Å². The molecule has 17 heavy (non-hydrogen) atoms. The molecule has 0 amide bonds. The lowest BCUT2D eigenvalue weighted by atomic mass is 9.96. The van der Waals surface area contributed by atoms with Gasteiger partial charge in [0.1, 0.15) is 0 Å². The minimum atomic E-state index is 0.476. The van der Waals surface area contributed by atoms with E-state index in [0.29, 0.717) is 5.92 Å². The van der Waals surface area contributed by atoms with E-state index in [1.165, 1.54) is 24.1 Å². The van der Waals surface area contributed by atoms with Crippen LogP contribution >= 0.6 is 24.4 Å². The van der Waals surface area contributed by atoms with Gasteiger partial charge in [0.25, 0.3) is 0 Å². The number of hydrogen-bond acceptors (Lipinski definition) is 4. The van der Waals surface area contributed by atoms with E-state index in [9.17, 15) is 0 Å². The van der Waals surface area contributed by atoms with Gasteiger partial charge in [-0.1, -0.05) is 38.3 Å². The first kappa shape index (κ1) is 14.7. The van der Waals surface area contributed by atoms with Crippen LogP contribution < -0.4 is 10.2 Å². The molecule has 0 radical (unpaired) electrons. The monoisotopic (exact) mass is 270 g/mol. The summed E-state index contributed by atoms with van der Waals surface area (Å²) >= 11 is 10.7. The van der Waals surface area contributed by atoms with Crippen molar-refractivity contribution in [3.63, 3.8) is 0 Å². The maximum Gasteiger partial charge on any atom is 0.0798 e. The second kappa shape index (κ2) is 6.57. The molecule has 4 heteroatoms. The first-order valence-corrected chi connectivity index (χ1v) is 7.01. The fraction of sp³-hybridized carbons (Fsp3) is 0.692. The van der Waals surface area contributed by atoms with Gasteiger partial charge in [-0.05, 0) is 37.9 Å². The van der Waals surface area contributed by atoms with E-state index in [1.54, 1.807) is 0 Å². The Morgan fingerprint density at radius 2 is 1.82 bits per heavy atom. The molecule has 0 aliphatic heterocycles. The first-order valence-electron chi connectivity index (χ1n) is 6.19. The molecule has 0 atom stereocenters. The Bertz CT molecular complexity index is 431. The first-order chi connectivity index (χ1) is 8.00. The molecule has 0 bridgehead atoms. The number of anilines is 1. The predicted molar refractivity (Wildman–Crippen MR) is 81.0 cm³/mol. The number of rotatable bonds is 7. The Morgan fingerprint density at radius 3 is 2.35 bits per heavy atom. The molecule has 0 saturated carbocycles. The van der Waals surface area contributed by atoms with Crippen molar-refractivity contribution in [2.24, 2.45) is 0 Å². The van der Waals surface area contributed by atoms with Crippen LogP contribution in [0.15, 0.2) is 0 Å². The molecular weight excluding hydrogens is 248 g/mol. The van der Waals surface area contributed by atoms with Crippen LogP contribution in [0.4, 0.5) is 5.69 Å². The lowest BCUT2D eigenvalue weighted by Gasteiger charge is -2.27. The zero-order valence-electron chi connectivity index (χ0n) is 11.2. The molecule has 0 aliphatic carbocycles. The van der Waals surface area contributed by atoms with Crippen LogP contribution in [0.2, 0.25) is 0 Å². The maximum atomic E-state index is 5.35. The molecule has 1 aromatic rings. The zero-order chi connectivity index (χ0) is 13.0. The number of nitrogens with one attached hydrogen (secondary N) is 1. The fourth-order valence-electron chi connectivity index (χ4n) is 2.07. The molecule has 0 heterocycles. The van der Waals surface area contributed by atoms with Crippen LogP contribution in [0, 0.1) is 9.02 Å². The third kappa shape index (κ3) is 3.33. The van der Waals surface area contributed by atoms with Crippen molar-refractivity contribution >= 4 is 30.1 Å². The van der Waals surface area contributed by atoms with Gasteiger partial charge >= 0.3 is 0 Å². The second-order valence-electron chi connectivity index (χ2n) is 4.81. The standard InChI is InChI=1S/C13H22N2S2/c1-9(2)10-11(13(17)12(10)16)15(4)8-6-5-7-14-3/h9,14H,5-8H2,1-4H3. The summed E-state index contributed by atoms with van der Waals surface area (Å²) in [6, 6.07) is 0. The molecular formula is C13H22N2S2. The highest BCUT2D eigenvalue weighted by molar-refractivity contribution is 7.74. The van der Waals surface area contributed by atoms with Crippen molar-refractivity contribution in [2.75, 3.05) is 32.1 Å². The van der Waals surface area contributed by atoms with Gasteiger partial charge < -0.3 is 10.2 Å². The van der Waals surface area contributed by atoms with E-state index in [0.717, 1.165) is 22.1 Å². The van der Waals surface area contributed by atoms with E-state index in [2.05, 4.69) is 31.1 Å². The normalized spacial score (nSPS) is 11.4. The van der Waals surface area contributed by atoms with Gasteiger partial charge in [0, 0.05) is 13.6 Å². The van der Waals surface area contributed by atoms with Crippen molar-refractivity contribution in [3.8, 4) is 0 Å². The van der Waals surface area contributed by atoms with Gasteiger partial charge in [0.2, 0.25) is 0 Å². The lowest BCUT2D eigenvalue weighted by molar-refractivity contribution is 0.668. The third-order valence-electron chi connectivity index (χ3n) is 3.05. The molecule has 1 rings (SSSR count). The molecule has 1 N–H and O–H groups in total. The number of hydrogen-bond donors (Lipinski definition) is 1. The molecule has 0 spiro atoms. The summed E-state index contributed by atoms with van der Waals surface area (Å²) in [6.07, 6.45) is 2.38. The van der Waals surface area contributed by atoms with Crippen molar-refractivity contribution in [2.45, 2.75) is 32.6 Å². The maximum absolute atomic E-state index is 5.35. The molecule has 2 nitrogen and oxygen atoms in total. The van der Waals surface area contributed by atoms with Crippen molar-refractivity contribution < 1.29 is 0 Å². The van der Waals surface area contributed by atoms with Gasteiger partial charge in [-0.2, -0.15) is 0 Å². The van der Waals surface area contributed by atoms with Crippen LogP contribution in [-0.2, 0) is 0 Å². The van der Waals surface area contributed by atoms with Crippen LogP contribution in [0.1, 0.15) is 38.2 Å². The summed E-state index contributed by atoms with van der Waals surface area (Å²) in [4.78, 5) is 2.27. The summed E-state index contributed by atoms with van der Waals surface area (Å²) in [7, 11) is 4.10. The minimum Gasteiger partial charge on any atom is -0.373 e. The molecule has 0 fully saturated rings. The van der Waals surface area contributed by atoms with Crippen molar-refractivity contribution in [3.05, 3.63) is 14.6 Å². The average molecular weight is 270 g/mol. The van der Waals surface area contributed by atoms with E-state index < -0.39 is 0 Å². The van der Waals surface area contributed by atoms with Crippen molar-refractivity contribution in [1.29, 1.82) is 0 Å². The fourth-order valence-corrected chi connectivity index (χ4v) is 2.88. The van der Waals surface area contributed by atoms with Gasteiger partial charge in [-0.25, -0.2) is 0 Å². The van der Waals surface area contributed by atoms with Gasteiger partial charge in [-0.3, -0.25) is 0 Å². The molecule has 0 saturated heterocycles. The summed E-state index contributed by atoms with van der Waals surface area (Å²) in [5.41, 5.74) is 2.49. The van der Waals surface area contributed by atoms with E-state index in [4.69, 9.17) is 24.4 Å². The molecule has 0 unspecified atom stereocenters. The number of nitrogens with zero attached hydrogens (tertiary/aromatic N) is 1. The summed E-state index contributed by atoms with van der Waals surface area (Å²) in [6.45, 7) is 6.49. The highest BCUT2D eigenvalue weighted by atomic mass is 32.1. The number of unbranched alkanes of at least 4 members (excludes halogenated alkanes) is 1. The third-order valence-corrected chi connectivity index (χ3v) is 4.00. The molecule has 0 aromatic heterocycles. The van der Waals surface area contributed by atoms with Crippen LogP contribution in [0.25, 0.3) is 0 Å². The summed E-state index contributed by atoms with van der Waals surface area (Å²) in [5.74, 6) is 0.476. The van der Waals surface area contributed by atoms with Gasteiger partial charge in [0.05, 0.1) is 14.7 Å². The average Bonchev–Trinajstić information content (AvgIpc) is 2.29. The van der Waals surface area contributed by atoms with Gasteiger partial charge in [-0.15, -0.1) is 0 Å². The summed E-state index contributed by atoms with van der Waals surface area (Å²) in [5, 5.41) is 3.16. The Balaban J connectivity index is 2.64. The minimum absolute atomic E-state index is 0.476. The SMILES string of the molecule is CNCCCCN(C)c1c(C(C)C)c(=S)c1=S. The quantitative estimate of drug-likeness (QED) is 0.601. The van der Waals surface area contributed by atoms with E-state index >= 15 is 0 Å². The molecule has 96 valence electrons. The Hall–Kier alpha value is -0.320. The van der Waals surface area contributed by atoms with E-state index in [-0.39, 0.29) is 0 Å². The largest absolute Gasteiger partial charge is 0.373 e. The highest BCUT2D eigenvalue weighted by Crippen LogP contribution is 2.35. The highest BCUT2D eigenvalue weighted by Gasteiger charge is 2.20. The van der Waals surface area contributed by atoms with E-state index in [1.807, 2.05) is 7.05 Å². The lowest BCUT2D eigenvalue weighted by Crippen LogP contribution is -2.23.